The van der Waals surface area contributed by atoms with E-state index in [1.165, 1.54) is 24.3 Å². The summed E-state index contributed by atoms with van der Waals surface area (Å²) in [6, 6.07) is 9.32. The summed E-state index contributed by atoms with van der Waals surface area (Å²) in [6.07, 6.45) is 0.843. The van der Waals surface area contributed by atoms with Crippen molar-refractivity contribution in [2.75, 3.05) is 5.32 Å². The number of amides is 1. The van der Waals surface area contributed by atoms with E-state index < -0.39 is 31.8 Å². The van der Waals surface area contributed by atoms with E-state index in [9.17, 15) is 31.2 Å². The Balaban J connectivity index is 1.96. The van der Waals surface area contributed by atoms with Gasteiger partial charge in [-0.15, -0.1) is 0 Å². The number of aryl methyl sites for hydroxylation is 1. The minimum atomic E-state index is -5.83. The molecule has 2 heterocycles. The molecule has 0 unspecified atom stereocenters. The molecular weight excluding hydrogens is 425 g/mol. The molecule has 0 aliphatic carbocycles. The van der Waals surface area contributed by atoms with E-state index in [1.54, 1.807) is 13.0 Å². The fourth-order valence-electron chi connectivity index (χ4n) is 2.55. The lowest BCUT2D eigenvalue weighted by atomic mass is 10.1. The lowest BCUT2D eigenvalue weighted by molar-refractivity contribution is -0.0438. The smallest absolute Gasteiger partial charge is 0.322 e. The zero-order valence-electron chi connectivity index (χ0n) is 15.2. The number of aromatic amines is 1. The average molecular weight is 438 g/mol. The molecule has 3 aromatic rings. The molecule has 2 aromatic heterocycles. The predicted molar refractivity (Wildman–Crippen MR) is 100 cm³/mol. The number of nitrogens with zero attached hydrogens (tertiary/aromatic N) is 2. The van der Waals surface area contributed by atoms with Gasteiger partial charge in [0.25, 0.3) is 21.3 Å². The number of alkyl halides is 3. The summed E-state index contributed by atoms with van der Waals surface area (Å²) < 4.78 is 62.1. The number of aromatic nitrogens is 3. The van der Waals surface area contributed by atoms with Crippen molar-refractivity contribution in [1.29, 1.82) is 0 Å². The van der Waals surface area contributed by atoms with E-state index in [1.807, 2.05) is 0 Å². The molecule has 0 aliphatic rings. The first-order valence-corrected chi connectivity index (χ1v) is 9.73. The summed E-state index contributed by atoms with van der Waals surface area (Å²) >= 11 is 0. The molecule has 0 fully saturated rings. The molecule has 3 rings (SSSR count). The van der Waals surface area contributed by atoms with Crippen molar-refractivity contribution in [3.63, 3.8) is 0 Å². The van der Waals surface area contributed by atoms with Crippen LogP contribution < -0.4 is 10.9 Å². The lowest BCUT2D eigenvalue weighted by Gasteiger charge is -2.12. The van der Waals surface area contributed by atoms with Gasteiger partial charge in [0.2, 0.25) is 0 Å². The van der Waals surface area contributed by atoms with Crippen LogP contribution in [0.1, 0.15) is 16.1 Å². The largest absolute Gasteiger partial charge is 0.503 e. The fourth-order valence-corrected chi connectivity index (χ4v) is 3.41. The van der Waals surface area contributed by atoms with Gasteiger partial charge in [-0.1, -0.05) is 12.1 Å². The van der Waals surface area contributed by atoms with Gasteiger partial charge in [0, 0.05) is 29.2 Å². The predicted octanol–water partition coefficient (Wildman–Crippen LogP) is 2.69. The molecule has 2 N–H and O–H groups in total. The molecule has 0 atom stereocenters. The van der Waals surface area contributed by atoms with Crippen LogP contribution in [0.2, 0.25) is 0 Å². The van der Waals surface area contributed by atoms with Gasteiger partial charge in [0.1, 0.15) is 5.82 Å². The standard InChI is InChI=1S/C18H13F3N4O4S/c1-10-8-14(26)25-15(23-10)11-4-2-5-12(9-11)24-16(27)13-6-3-7-22-17(13)30(28,29)18(19,20)21/h2-9H,1H3,(H,24,27)(H,23,25,26). The summed E-state index contributed by atoms with van der Waals surface area (Å²) in [7, 11) is -5.83. The number of carbonyl (C=O) groups is 1. The number of nitrogens with one attached hydrogen (secondary N) is 2. The van der Waals surface area contributed by atoms with Crippen LogP contribution >= 0.6 is 0 Å². The Labute approximate surface area is 167 Å². The molecular formula is C18H13F3N4O4S. The first-order chi connectivity index (χ1) is 14.0. The van der Waals surface area contributed by atoms with Crippen molar-refractivity contribution in [2.24, 2.45) is 0 Å². The quantitative estimate of drug-likeness (QED) is 0.646. The minimum absolute atomic E-state index is 0.140. The molecule has 0 radical (unpaired) electrons. The summed E-state index contributed by atoms with van der Waals surface area (Å²) in [6.45, 7) is 1.62. The summed E-state index contributed by atoms with van der Waals surface area (Å²) in [4.78, 5) is 34.1. The van der Waals surface area contributed by atoms with Crippen molar-refractivity contribution in [1.82, 2.24) is 15.0 Å². The second-order valence-electron chi connectivity index (χ2n) is 6.08. The average Bonchev–Trinajstić information content (AvgIpc) is 2.66. The Morgan fingerprint density at radius 1 is 1.13 bits per heavy atom. The van der Waals surface area contributed by atoms with Crippen molar-refractivity contribution in [3.05, 3.63) is 70.3 Å². The second-order valence-corrected chi connectivity index (χ2v) is 7.93. The third kappa shape index (κ3) is 4.22. The number of H-pyrrole nitrogens is 1. The second kappa shape index (κ2) is 7.71. The van der Waals surface area contributed by atoms with Crippen molar-refractivity contribution >= 4 is 21.4 Å². The highest BCUT2D eigenvalue weighted by molar-refractivity contribution is 7.92. The number of rotatable bonds is 4. The minimum Gasteiger partial charge on any atom is -0.322 e. The summed E-state index contributed by atoms with van der Waals surface area (Å²) in [5.41, 5.74) is -5.74. The Morgan fingerprint density at radius 3 is 2.53 bits per heavy atom. The van der Waals surface area contributed by atoms with Crippen LogP contribution in [0.3, 0.4) is 0 Å². The molecule has 0 bridgehead atoms. The third-order valence-electron chi connectivity index (χ3n) is 3.84. The van der Waals surface area contributed by atoms with Crippen LogP contribution in [0, 0.1) is 6.92 Å². The van der Waals surface area contributed by atoms with Crippen LogP contribution in [-0.2, 0) is 9.84 Å². The Hall–Kier alpha value is -3.54. The van der Waals surface area contributed by atoms with E-state index in [4.69, 9.17) is 0 Å². The molecule has 156 valence electrons. The van der Waals surface area contributed by atoms with Crippen LogP contribution in [0.4, 0.5) is 18.9 Å². The molecule has 0 spiro atoms. The van der Waals surface area contributed by atoms with Gasteiger partial charge >= 0.3 is 5.51 Å². The lowest BCUT2D eigenvalue weighted by Crippen LogP contribution is -2.27. The van der Waals surface area contributed by atoms with E-state index >= 15 is 0 Å². The zero-order chi connectivity index (χ0) is 22.1. The van der Waals surface area contributed by atoms with Gasteiger partial charge in [0.15, 0.2) is 5.03 Å². The molecule has 30 heavy (non-hydrogen) atoms. The molecule has 0 saturated carbocycles. The molecule has 0 aliphatic heterocycles. The molecule has 8 nitrogen and oxygen atoms in total. The first kappa shape index (κ1) is 21.2. The monoisotopic (exact) mass is 438 g/mol. The van der Waals surface area contributed by atoms with Gasteiger partial charge in [-0.25, -0.2) is 18.4 Å². The molecule has 12 heteroatoms. The number of hydrogen-bond donors (Lipinski definition) is 2. The van der Waals surface area contributed by atoms with Gasteiger partial charge in [-0.05, 0) is 31.2 Å². The Morgan fingerprint density at radius 2 is 1.87 bits per heavy atom. The van der Waals surface area contributed by atoms with Crippen molar-refractivity contribution in [3.8, 4) is 11.4 Å². The number of benzene rings is 1. The van der Waals surface area contributed by atoms with E-state index in [-0.39, 0.29) is 17.1 Å². The maximum Gasteiger partial charge on any atom is 0.503 e. The Kier molecular flexibility index (Phi) is 5.44. The number of hydrogen-bond acceptors (Lipinski definition) is 6. The van der Waals surface area contributed by atoms with Crippen LogP contribution in [0.15, 0.2) is 58.5 Å². The van der Waals surface area contributed by atoms with E-state index in [0.717, 1.165) is 18.3 Å². The highest BCUT2D eigenvalue weighted by Gasteiger charge is 2.49. The van der Waals surface area contributed by atoms with Crippen molar-refractivity contribution < 1.29 is 26.4 Å². The first-order valence-electron chi connectivity index (χ1n) is 8.25. The number of halogens is 3. The van der Waals surface area contributed by atoms with E-state index in [2.05, 4.69) is 20.3 Å². The molecule has 1 aromatic carbocycles. The van der Waals surface area contributed by atoms with E-state index in [0.29, 0.717) is 11.3 Å². The number of anilines is 1. The molecule has 0 saturated heterocycles. The number of sulfone groups is 1. The normalized spacial score (nSPS) is 11.9. The molecule has 1 amide bonds. The Bertz CT molecular complexity index is 1290. The van der Waals surface area contributed by atoms with Gasteiger partial charge in [-0.3, -0.25) is 9.59 Å². The maximum atomic E-state index is 12.9. The third-order valence-corrected chi connectivity index (χ3v) is 5.28. The zero-order valence-corrected chi connectivity index (χ0v) is 16.0. The highest BCUT2D eigenvalue weighted by Crippen LogP contribution is 2.31. The fraction of sp³-hybridized carbons (Fsp3) is 0.111. The number of carbonyl (C=O) groups excluding carboxylic acids is 1. The van der Waals surface area contributed by atoms with Crippen LogP contribution in [0.25, 0.3) is 11.4 Å². The summed E-state index contributed by atoms with van der Waals surface area (Å²) in [5.74, 6) is -0.883. The van der Waals surface area contributed by atoms with Gasteiger partial charge in [-0.2, -0.15) is 13.2 Å². The van der Waals surface area contributed by atoms with Crippen LogP contribution in [0.5, 0.6) is 0 Å². The van der Waals surface area contributed by atoms with Crippen LogP contribution in [-0.4, -0.2) is 34.8 Å². The van der Waals surface area contributed by atoms with Crippen molar-refractivity contribution in [2.45, 2.75) is 17.5 Å². The topological polar surface area (TPSA) is 122 Å². The SMILES string of the molecule is Cc1cc(=O)[nH]c(-c2cccc(NC(=O)c3cccnc3S(=O)(=O)C(F)(F)F)c2)n1. The highest BCUT2D eigenvalue weighted by atomic mass is 32.2. The van der Waals surface area contributed by atoms with Gasteiger partial charge < -0.3 is 10.3 Å². The van der Waals surface area contributed by atoms with Gasteiger partial charge in [0.05, 0.1) is 5.56 Å². The number of pyridine rings is 1. The summed E-state index contributed by atoms with van der Waals surface area (Å²) in [5, 5.41) is 0.938. The maximum absolute atomic E-state index is 12.9.